The summed E-state index contributed by atoms with van der Waals surface area (Å²) in [4.78, 5) is 15.5. The summed E-state index contributed by atoms with van der Waals surface area (Å²) in [5, 5.41) is 2.41. The number of rotatable bonds is 8. The largest absolute Gasteiger partial charge is 0.309 e. The van der Waals surface area contributed by atoms with Gasteiger partial charge in [0.15, 0.2) is 17.5 Å². The Kier molecular flexibility index (Phi) is 9.14. The van der Waals surface area contributed by atoms with Gasteiger partial charge in [0.05, 0.1) is 16.7 Å². The van der Waals surface area contributed by atoms with Crippen LogP contribution in [0.2, 0.25) is 0 Å². The highest BCUT2D eigenvalue weighted by molar-refractivity contribution is 6.10. The number of hydrogen-bond donors (Lipinski definition) is 0. The van der Waals surface area contributed by atoms with Crippen molar-refractivity contribution in [1.29, 1.82) is 0 Å². The summed E-state index contributed by atoms with van der Waals surface area (Å²) in [6, 6.07) is 81.2. The molecule has 0 saturated carbocycles. The lowest BCUT2D eigenvalue weighted by Gasteiger charge is -2.17. The highest BCUT2D eigenvalue weighted by Gasteiger charge is 2.19. The number of hydrogen-bond acceptors (Lipinski definition) is 3. The molecule has 11 aromatic rings. The van der Waals surface area contributed by atoms with Crippen LogP contribution >= 0.6 is 0 Å². The van der Waals surface area contributed by atoms with E-state index < -0.39 is 0 Å². The first-order valence-corrected chi connectivity index (χ1v) is 20.6. The van der Waals surface area contributed by atoms with E-state index in [-0.39, 0.29) is 0 Å². The van der Waals surface area contributed by atoms with Gasteiger partial charge in [-0.05, 0) is 69.3 Å². The van der Waals surface area contributed by atoms with Crippen LogP contribution in [-0.4, -0.2) is 19.5 Å². The average molecular weight is 779 g/mol. The Hall–Kier alpha value is -8.21. The SMILES string of the molecule is c1ccc(-c2cccc(-c3ccc(-c4nc(-c5ccccc5)nc(-c5ccc(-c6cccc(-c7ccccc7)c6)c(-n6c7ccccc7c7ccccc76)c5)n4)cc3)c2)cc1. The Morgan fingerprint density at radius 3 is 1.15 bits per heavy atom. The zero-order valence-corrected chi connectivity index (χ0v) is 33.2. The van der Waals surface area contributed by atoms with E-state index in [1.54, 1.807) is 0 Å². The van der Waals surface area contributed by atoms with E-state index in [0.717, 1.165) is 55.7 Å². The molecule has 0 aliphatic heterocycles. The molecular formula is C57H38N4. The van der Waals surface area contributed by atoms with Gasteiger partial charge in [0.1, 0.15) is 0 Å². The van der Waals surface area contributed by atoms with E-state index in [0.29, 0.717) is 17.5 Å². The first-order valence-electron chi connectivity index (χ1n) is 20.6. The molecule has 9 aromatic carbocycles. The molecule has 0 amide bonds. The molecule has 61 heavy (non-hydrogen) atoms. The maximum Gasteiger partial charge on any atom is 0.164 e. The van der Waals surface area contributed by atoms with Crippen LogP contribution in [0.25, 0.3) is 106 Å². The van der Waals surface area contributed by atoms with Crippen molar-refractivity contribution in [2.45, 2.75) is 0 Å². The zero-order chi connectivity index (χ0) is 40.5. The van der Waals surface area contributed by atoms with Gasteiger partial charge in [0.25, 0.3) is 0 Å². The van der Waals surface area contributed by atoms with Crippen LogP contribution in [-0.2, 0) is 0 Å². The smallest absolute Gasteiger partial charge is 0.164 e. The highest BCUT2D eigenvalue weighted by atomic mass is 15.0. The molecule has 0 fully saturated rings. The second-order valence-corrected chi connectivity index (χ2v) is 15.2. The second-order valence-electron chi connectivity index (χ2n) is 15.2. The third-order valence-corrected chi connectivity index (χ3v) is 11.5. The molecule has 4 nitrogen and oxygen atoms in total. The van der Waals surface area contributed by atoms with Crippen molar-refractivity contribution in [3.8, 4) is 84.4 Å². The van der Waals surface area contributed by atoms with Crippen LogP contribution < -0.4 is 0 Å². The van der Waals surface area contributed by atoms with E-state index in [1.807, 2.05) is 24.3 Å². The number of aromatic nitrogens is 4. The van der Waals surface area contributed by atoms with Crippen LogP contribution in [0.15, 0.2) is 231 Å². The van der Waals surface area contributed by atoms with Gasteiger partial charge in [-0.25, -0.2) is 15.0 Å². The lowest BCUT2D eigenvalue weighted by atomic mass is 9.96. The second kappa shape index (κ2) is 15.5. The minimum absolute atomic E-state index is 0.607. The molecule has 2 heterocycles. The van der Waals surface area contributed by atoms with Gasteiger partial charge in [-0.1, -0.05) is 200 Å². The first-order chi connectivity index (χ1) is 30.2. The van der Waals surface area contributed by atoms with Gasteiger partial charge < -0.3 is 4.57 Å². The van der Waals surface area contributed by atoms with E-state index in [2.05, 4.69) is 211 Å². The Bertz CT molecular complexity index is 3280. The molecule has 0 atom stereocenters. The lowest BCUT2D eigenvalue weighted by Crippen LogP contribution is -2.02. The molecular weight excluding hydrogens is 741 g/mol. The fourth-order valence-corrected chi connectivity index (χ4v) is 8.45. The first kappa shape index (κ1) is 35.9. The Balaban J connectivity index is 1.07. The third-order valence-electron chi connectivity index (χ3n) is 11.5. The van der Waals surface area contributed by atoms with Crippen molar-refractivity contribution in [3.05, 3.63) is 231 Å². The topological polar surface area (TPSA) is 43.6 Å². The minimum Gasteiger partial charge on any atom is -0.309 e. The van der Waals surface area contributed by atoms with Crippen LogP contribution in [0.5, 0.6) is 0 Å². The van der Waals surface area contributed by atoms with Crippen LogP contribution in [0.1, 0.15) is 0 Å². The molecule has 0 unspecified atom stereocenters. The quantitative estimate of drug-likeness (QED) is 0.154. The summed E-state index contributed by atoms with van der Waals surface area (Å²) in [6.45, 7) is 0. The van der Waals surface area contributed by atoms with Crippen molar-refractivity contribution in [2.24, 2.45) is 0 Å². The van der Waals surface area contributed by atoms with E-state index in [1.165, 1.54) is 33.0 Å². The predicted molar refractivity (Wildman–Crippen MR) is 252 cm³/mol. The molecule has 0 aliphatic rings. The summed E-state index contributed by atoms with van der Waals surface area (Å²) in [5.74, 6) is 1.85. The maximum absolute atomic E-state index is 5.23. The zero-order valence-electron chi connectivity index (χ0n) is 33.2. The maximum atomic E-state index is 5.23. The molecule has 0 spiro atoms. The molecule has 0 radical (unpaired) electrons. The Morgan fingerprint density at radius 1 is 0.246 bits per heavy atom. The minimum atomic E-state index is 0.607. The highest BCUT2D eigenvalue weighted by Crippen LogP contribution is 2.39. The van der Waals surface area contributed by atoms with E-state index in [4.69, 9.17) is 15.0 Å². The third kappa shape index (κ3) is 6.86. The average Bonchev–Trinajstić information content (AvgIpc) is 3.69. The summed E-state index contributed by atoms with van der Waals surface area (Å²) in [6.07, 6.45) is 0. The van der Waals surface area contributed by atoms with Gasteiger partial charge in [0.2, 0.25) is 0 Å². The van der Waals surface area contributed by atoms with Crippen LogP contribution in [0, 0.1) is 0 Å². The molecule has 4 heteroatoms. The standard InChI is InChI=1S/C57H38N4/c1-4-16-39(17-5-1)44-22-14-23-45(36-44)41-30-32-43(33-31-41)56-58-55(42-20-8-3-9-21-42)59-57(60-56)48-34-35-49(47-25-15-24-46(37-47)40-18-6-2-7-19-40)54(38-48)61-52-28-12-10-26-50(52)51-27-11-13-29-53(51)61/h1-38H. The molecule has 0 N–H and O–H groups in total. The number of para-hydroxylation sites is 2. The normalized spacial score (nSPS) is 11.3. The van der Waals surface area contributed by atoms with Gasteiger partial charge in [-0.15, -0.1) is 0 Å². The van der Waals surface area contributed by atoms with Gasteiger partial charge in [-0.2, -0.15) is 0 Å². The molecule has 0 aliphatic carbocycles. The summed E-state index contributed by atoms with van der Waals surface area (Å²) in [5.41, 5.74) is 15.3. The Morgan fingerprint density at radius 2 is 0.607 bits per heavy atom. The van der Waals surface area contributed by atoms with E-state index >= 15 is 0 Å². The number of nitrogens with zero attached hydrogens (tertiary/aromatic N) is 4. The summed E-state index contributed by atoms with van der Waals surface area (Å²) < 4.78 is 2.39. The molecule has 0 bridgehead atoms. The molecule has 286 valence electrons. The van der Waals surface area contributed by atoms with Crippen LogP contribution in [0.3, 0.4) is 0 Å². The number of benzene rings is 9. The van der Waals surface area contributed by atoms with E-state index in [9.17, 15) is 0 Å². The van der Waals surface area contributed by atoms with Gasteiger partial charge in [-0.3, -0.25) is 0 Å². The summed E-state index contributed by atoms with van der Waals surface area (Å²) >= 11 is 0. The monoisotopic (exact) mass is 778 g/mol. The fourth-order valence-electron chi connectivity index (χ4n) is 8.45. The van der Waals surface area contributed by atoms with Gasteiger partial charge >= 0.3 is 0 Å². The van der Waals surface area contributed by atoms with Gasteiger partial charge in [0, 0.05) is 33.0 Å². The molecule has 11 rings (SSSR count). The number of fused-ring (bicyclic) bond motifs is 3. The fraction of sp³-hybridized carbons (Fsp3) is 0. The van der Waals surface area contributed by atoms with Crippen molar-refractivity contribution in [2.75, 3.05) is 0 Å². The van der Waals surface area contributed by atoms with Crippen molar-refractivity contribution >= 4 is 21.8 Å². The van der Waals surface area contributed by atoms with Crippen LogP contribution in [0.4, 0.5) is 0 Å². The molecule has 0 saturated heterocycles. The predicted octanol–water partition coefficient (Wildman–Crippen LogP) is 14.6. The molecule has 2 aromatic heterocycles. The Labute approximate surface area is 354 Å². The van der Waals surface area contributed by atoms with Crippen molar-refractivity contribution in [1.82, 2.24) is 19.5 Å². The van der Waals surface area contributed by atoms with Crippen molar-refractivity contribution < 1.29 is 0 Å². The summed E-state index contributed by atoms with van der Waals surface area (Å²) in [7, 11) is 0. The van der Waals surface area contributed by atoms with Crippen molar-refractivity contribution in [3.63, 3.8) is 0 Å². The lowest BCUT2D eigenvalue weighted by molar-refractivity contribution is 1.07.